The van der Waals surface area contributed by atoms with Crippen LogP contribution in [0.1, 0.15) is 33.1 Å². The largest absolute Gasteiger partial charge is 0.348 e. The molecule has 1 saturated heterocycles. The Labute approximate surface area is 79.6 Å². The maximum atomic E-state index is 6.08. The Kier molecular flexibility index (Phi) is 2.13. The van der Waals surface area contributed by atoms with Gasteiger partial charge in [-0.3, -0.25) is 0 Å². The molecule has 0 aromatic heterocycles. The van der Waals surface area contributed by atoms with Crippen molar-refractivity contribution in [2.45, 2.75) is 44.4 Å². The molecule has 2 aliphatic rings. The molecule has 3 nitrogen and oxygen atoms in total. The second-order valence-corrected chi connectivity index (χ2v) is 4.87. The fraction of sp³-hybridized carbons (Fsp3) is 1.00. The number of rotatable bonds is 1. The maximum absolute atomic E-state index is 6.08. The molecule has 3 heteroatoms. The minimum Gasteiger partial charge on any atom is -0.348 e. The fourth-order valence-corrected chi connectivity index (χ4v) is 2.37. The van der Waals surface area contributed by atoms with E-state index in [1.54, 1.807) is 0 Å². The van der Waals surface area contributed by atoms with Crippen LogP contribution in [0, 0.1) is 5.92 Å². The highest BCUT2D eigenvalue weighted by Crippen LogP contribution is 2.44. The quantitative estimate of drug-likeness (QED) is 0.669. The lowest BCUT2D eigenvalue weighted by Crippen LogP contribution is -2.41. The van der Waals surface area contributed by atoms with Crippen LogP contribution in [0.4, 0.5) is 0 Å². The topological polar surface area (TPSA) is 44.5 Å². The summed E-state index contributed by atoms with van der Waals surface area (Å²) in [6.45, 7) is 5.67. The van der Waals surface area contributed by atoms with Crippen LogP contribution in [0.5, 0.6) is 0 Å². The van der Waals surface area contributed by atoms with Crippen LogP contribution in [0.15, 0.2) is 0 Å². The molecule has 1 heterocycles. The molecular formula is C10H19NO2. The van der Waals surface area contributed by atoms with Crippen molar-refractivity contribution < 1.29 is 9.47 Å². The first-order chi connectivity index (χ1) is 6.02. The Morgan fingerprint density at radius 2 is 1.92 bits per heavy atom. The number of nitrogens with two attached hydrogens (primary N) is 1. The summed E-state index contributed by atoms with van der Waals surface area (Å²) in [5, 5.41) is 0. The number of hydrogen-bond donors (Lipinski definition) is 1. The van der Waals surface area contributed by atoms with Gasteiger partial charge in [0.2, 0.25) is 0 Å². The zero-order valence-electron chi connectivity index (χ0n) is 8.51. The van der Waals surface area contributed by atoms with Crippen LogP contribution in [0.2, 0.25) is 0 Å². The van der Waals surface area contributed by atoms with E-state index in [1.165, 1.54) is 0 Å². The monoisotopic (exact) mass is 185 g/mol. The van der Waals surface area contributed by atoms with E-state index in [0.29, 0.717) is 5.92 Å². The lowest BCUT2D eigenvalue weighted by Gasteiger charge is -2.28. The van der Waals surface area contributed by atoms with E-state index in [9.17, 15) is 0 Å². The van der Waals surface area contributed by atoms with E-state index in [-0.39, 0.29) is 11.3 Å². The number of hydrogen-bond acceptors (Lipinski definition) is 3. The lowest BCUT2D eigenvalue weighted by molar-refractivity contribution is -0.153. The second-order valence-electron chi connectivity index (χ2n) is 4.87. The smallest absolute Gasteiger partial charge is 0.168 e. The summed E-state index contributed by atoms with van der Waals surface area (Å²) < 4.78 is 11.3. The third-order valence-corrected chi connectivity index (χ3v) is 3.30. The first-order valence-corrected chi connectivity index (χ1v) is 5.09. The van der Waals surface area contributed by atoms with Gasteiger partial charge in [-0.05, 0) is 26.2 Å². The van der Waals surface area contributed by atoms with E-state index in [1.807, 2.05) is 0 Å². The Bertz CT molecular complexity index is 192. The first-order valence-electron chi connectivity index (χ1n) is 5.09. The van der Waals surface area contributed by atoms with Crippen LogP contribution in [0.25, 0.3) is 0 Å². The summed E-state index contributed by atoms with van der Waals surface area (Å²) >= 11 is 0. The highest BCUT2D eigenvalue weighted by Gasteiger charge is 2.47. The molecule has 0 bridgehead atoms. The van der Waals surface area contributed by atoms with Gasteiger partial charge in [0, 0.05) is 18.4 Å². The van der Waals surface area contributed by atoms with Gasteiger partial charge >= 0.3 is 0 Å². The predicted octanol–water partition coefficient (Wildman–Crippen LogP) is 1.27. The molecule has 0 aromatic rings. The van der Waals surface area contributed by atoms with E-state index in [4.69, 9.17) is 15.2 Å². The van der Waals surface area contributed by atoms with Crippen molar-refractivity contribution in [2.24, 2.45) is 11.7 Å². The minimum atomic E-state index is -0.263. The van der Waals surface area contributed by atoms with Crippen molar-refractivity contribution in [3.63, 3.8) is 0 Å². The molecule has 1 spiro atoms. The zero-order chi connectivity index (χ0) is 9.53. The molecule has 1 aliphatic carbocycles. The molecule has 1 atom stereocenters. The van der Waals surface area contributed by atoms with Gasteiger partial charge in [0.15, 0.2) is 5.79 Å². The van der Waals surface area contributed by atoms with Crippen LogP contribution >= 0.6 is 0 Å². The minimum absolute atomic E-state index is 0.0984. The van der Waals surface area contributed by atoms with Crippen molar-refractivity contribution >= 4 is 0 Å². The predicted molar refractivity (Wildman–Crippen MR) is 50.2 cm³/mol. The Morgan fingerprint density at radius 1 is 1.31 bits per heavy atom. The van der Waals surface area contributed by atoms with Crippen molar-refractivity contribution in [3.8, 4) is 0 Å². The first kappa shape index (κ1) is 9.44. The van der Waals surface area contributed by atoms with Crippen molar-refractivity contribution in [1.29, 1.82) is 0 Å². The Morgan fingerprint density at radius 3 is 2.38 bits per heavy atom. The molecule has 0 amide bonds. The van der Waals surface area contributed by atoms with Crippen LogP contribution < -0.4 is 5.73 Å². The van der Waals surface area contributed by atoms with Gasteiger partial charge in [-0.2, -0.15) is 0 Å². The normalized spacial score (nSPS) is 33.0. The molecule has 13 heavy (non-hydrogen) atoms. The Hall–Kier alpha value is -0.120. The fourth-order valence-electron chi connectivity index (χ4n) is 2.37. The van der Waals surface area contributed by atoms with Gasteiger partial charge in [-0.15, -0.1) is 0 Å². The molecule has 0 radical (unpaired) electrons. The van der Waals surface area contributed by atoms with Crippen molar-refractivity contribution in [1.82, 2.24) is 0 Å². The van der Waals surface area contributed by atoms with E-state index in [0.717, 1.165) is 32.5 Å². The van der Waals surface area contributed by atoms with Gasteiger partial charge in [-0.1, -0.05) is 0 Å². The Balaban J connectivity index is 2.01. The average Bonchev–Trinajstić information content (AvgIpc) is 2.60. The van der Waals surface area contributed by atoms with E-state index < -0.39 is 0 Å². The summed E-state index contributed by atoms with van der Waals surface area (Å²) in [5.74, 6) is 0.270. The number of ether oxygens (including phenoxy) is 2. The molecule has 1 unspecified atom stereocenters. The molecular weight excluding hydrogens is 166 g/mol. The van der Waals surface area contributed by atoms with Crippen molar-refractivity contribution in [2.75, 3.05) is 13.2 Å². The summed E-state index contributed by atoms with van der Waals surface area (Å²) in [4.78, 5) is 0. The van der Waals surface area contributed by atoms with Gasteiger partial charge in [0.1, 0.15) is 0 Å². The second kappa shape index (κ2) is 2.94. The third-order valence-electron chi connectivity index (χ3n) is 3.30. The summed E-state index contributed by atoms with van der Waals surface area (Å²) in [6.07, 6.45) is 3.11. The van der Waals surface area contributed by atoms with Gasteiger partial charge in [0.25, 0.3) is 0 Å². The molecule has 2 rings (SSSR count). The molecule has 2 N–H and O–H groups in total. The molecule has 76 valence electrons. The SMILES string of the molecule is CC(C)(N)C1CCC2(C1)OCCO2. The third kappa shape index (κ3) is 1.73. The molecule has 2 fully saturated rings. The summed E-state index contributed by atoms with van der Waals surface area (Å²) in [7, 11) is 0. The van der Waals surface area contributed by atoms with Gasteiger partial charge in [-0.25, -0.2) is 0 Å². The van der Waals surface area contributed by atoms with Gasteiger partial charge < -0.3 is 15.2 Å². The maximum Gasteiger partial charge on any atom is 0.168 e. The van der Waals surface area contributed by atoms with E-state index in [2.05, 4.69) is 13.8 Å². The molecule has 1 aliphatic heterocycles. The van der Waals surface area contributed by atoms with Crippen LogP contribution in [-0.4, -0.2) is 24.5 Å². The molecule has 0 aromatic carbocycles. The average molecular weight is 185 g/mol. The van der Waals surface area contributed by atoms with E-state index >= 15 is 0 Å². The van der Waals surface area contributed by atoms with Crippen LogP contribution in [-0.2, 0) is 9.47 Å². The highest BCUT2D eigenvalue weighted by atomic mass is 16.7. The summed E-state index contributed by atoms with van der Waals surface area (Å²) in [5.41, 5.74) is 5.98. The summed E-state index contributed by atoms with van der Waals surface area (Å²) in [6, 6.07) is 0. The highest BCUT2D eigenvalue weighted by molar-refractivity contribution is 4.94. The van der Waals surface area contributed by atoms with Crippen LogP contribution in [0.3, 0.4) is 0 Å². The molecule has 1 saturated carbocycles. The van der Waals surface area contributed by atoms with Crippen molar-refractivity contribution in [3.05, 3.63) is 0 Å². The standard InChI is InChI=1S/C10H19NO2/c1-9(2,11)8-3-4-10(7-8)12-5-6-13-10/h8H,3-7,11H2,1-2H3. The zero-order valence-corrected chi connectivity index (χ0v) is 8.51. The lowest BCUT2D eigenvalue weighted by atomic mass is 9.87. The van der Waals surface area contributed by atoms with Gasteiger partial charge in [0.05, 0.1) is 13.2 Å².